The maximum atomic E-state index is 12.4. The second-order valence-electron chi connectivity index (χ2n) is 21.0. The normalized spacial score (nSPS) is 12.7. The summed E-state index contributed by atoms with van der Waals surface area (Å²) in [5.74, 6) is -0.0596. The van der Waals surface area contributed by atoms with E-state index < -0.39 is 12.1 Å². The van der Waals surface area contributed by atoms with Crippen LogP contribution in [0.5, 0.6) is 0 Å². The van der Waals surface area contributed by atoms with E-state index in [1.54, 1.807) is 6.08 Å². The molecule has 0 saturated carbocycles. The number of rotatable bonds is 57. The molecule has 2 atom stereocenters. The van der Waals surface area contributed by atoms with Crippen LogP contribution in [-0.2, 0) is 14.3 Å². The van der Waals surface area contributed by atoms with Crippen molar-refractivity contribution >= 4 is 11.9 Å². The first kappa shape index (κ1) is 66.3. The molecule has 3 N–H and O–H groups in total. The molecule has 0 aromatic heterocycles. The number of aliphatic hydroxyl groups is 2. The van der Waals surface area contributed by atoms with Crippen LogP contribution in [0.25, 0.3) is 0 Å². The number of unbranched alkanes of at least 4 members (excludes halogenated alkanes) is 44. The van der Waals surface area contributed by atoms with Crippen LogP contribution < -0.4 is 5.32 Å². The Morgan fingerprint density at radius 1 is 0.397 bits per heavy atom. The van der Waals surface area contributed by atoms with Crippen molar-refractivity contribution in [2.45, 2.75) is 347 Å². The van der Waals surface area contributed by atoms with Gasteiger partial charge >= 0.3 is 5.97 Å². The second-order valence-corrected chi connectivity index (χ2v) is 21.0. The summed E-state index contributed by atoms with van der Waals surface area (Å²) in [4.78, 5) is 24.5. The van der Waals surface area contributed by atoms with Crippen molar-refractivity contribution < 1.29 is 24.5 Å². The minimum atomic E-state index is -0.842. The third-order valence-corrected chi connectivity index (χ3v) is 14.2. The molecular formula is C62H119NO5. The zero-order valence-electron chi connectivity index (χ0n) is 45.9. The number of ether oxygens (including phenoxy) is 1. The average molecular weight is 959 g/mol. The number of nitrogens with one attached hydrogen (secondary N) is 1. The average Bonchev–Trinajstić information content (AvgIpc) is 3.34. The van der Waals surface area contributed by atoms with Crippen LogP contribution in [-0.4, -0.2) is 47.4 Å². The van der Waals surface area contributed by atoms with Gasteiger partial charge in [0.25, 0.3) is 0 Å². The number of hydrogen-bond donors (Lipinski definition) is 3. The predicted octanol–water partition coefficient (Wildman–Crippen LogP) is 19.0. The van der Waals surface area contributed by atoms with Gasteiger partial charge in [-0.15, -0.1) is 0 Å². The minimum Gasteiger partial charge on any atom is -0.466 e. The minimum absolute atomic E-state index is 0.00771. The summed E-state index contributed by atoms with van der Waals surface area (Å²) in [6, 6.07) is -0.625. The van der Waals surface area contributed by atoms with Gasteiger partial charge in [-0.25, -0.2) is 0 Å². The van der Waals surface area contributed by atoms with Crippen molar-refractivity contribution in [1.82, 2.24) is 5.32 Å². The van der Waals surface area contributed by atoms with Gasteiger partial charge in [0.1, 0.15) is 0 Å². The van der Waals surface area contributed by atoms with E-state index >= 15 is 0 Å². The standard InChI is InChI=1S/C62H119NO5/c1-3-5-7-9-11-13-15-16-17-29-32-36-40-44-48-52-56-62(67)68-57-53-49-45-41-37-33-30-27-25-23-21-19-18-20-22-24-26-28-31-35-39-43-47-51-55-61(66)63-59(58-64)60(65)54-50-46-42-38-34-14-12-10-8-6-4-2/h17,29,50,54,59-60,64-65H,3-16,18-28,30-49,51-53,55-58H2,1-2H3,(H,63,66)/b29-17-,54-50+. The lowest BCUT2D eigenvalue weighted by atomic mass is 10.0. The number of esters is 1. The molecule has 0 aliphatic heterocycles. The fraction of sp³-hybridized carbons (Fsp3) is 0.903. The van der Waals surface area contributed by atoms with Crippen LogP contribution in [0.3, 0.4) is 0 Å². The quantitative estimate of drug-likeness (QED) is 0.0321. The largest absolute Gasteiger partial charge is 0.466 e. The first-order valence-corrected chi connectivity index (χ1v) is 30.6. The molecule has 0 spiro atoms. The van der Waals surface area contributed by atoms with E-state index in [0.29, 0.717) is 19.4 Å². The molecule has 2 unspecified atom stereocenters. The van der Waals surface area contributed by atoms with E-state index in [1.807, 2.05) is 6.08 Å². The zero-order valence-corrected chi connectivity index (χ0v) is 45.9. The van der Waals surface area contributed by atoms with E-state index in [1.165, 1.54) is 263 Å². The Morgan fingerprint density at radius 3 is 1.04 bits per heavy atom. The second kappa shape index (κ2) is 57.9. The zero-order chi connectivity index (χ0) is 49.3. The molecule has 0 aromatic carbocycles. The van der Waals surface area contributed by atoms with Gasteiger partial charge in [-0.1, -0.05) is 289 Å². The van der Waals surface area contributed by atoms with Crippen molar-refractivity contribution in [3.05, 3.63) is 24.3 Å². The lowest BCUT2D eigenvalue weighted by Crippen LogP contribution is -2.45. The van der Waals surface area contributed by atoms with Gasteiger partial charge in [0, 0.05) is 12.8 Å². The third kappa shape index (κ3) is 53.7. The van der Waals surface area contributed by atoms with Crippen LogP contribution >= 0.6 is 0 Å². The van der Waals surface area contributed by atoms with E-state index in [-0.39, 0.29) is 18.5 Å². The number of hydrogen-bond acceptors (Lipinski definition) is 5. The highest BCUT2D eigenvalue weighted by Crippen LogP contribution is 2.17. The summed E-state index contributed by atoms with van der Waals surface area (Å²) in [5, 5.41) is 23.0. The summed E-state index contributed by atoms with van der Waals surface area (Å²) in [7, 11) is 0. The van der Waals surface area contributed by atoms with Crippen LogP contribution in [0.1, 0.15) is 335 Å². The molecule has 0 fully saturated rings. The van der Waals surface area contributed by atoms with Crippen LogP contribution in [0, 0.1) is 0 Å². The molecule has 0 saturated heterocycles. The lowest BCUT2D eigenvalue weighted by molar-refractivity contribution is -0.143. The molecule has 402 valence electrons. The third-order valence-electron chi connectivity index (χ3n) is 14.2. The van der Waals surface area contributed by atoms with Gasteiger partial charge in [0.05, 0.1) is 25.4 Å². The van der Waals surface area contributed by atoms with Crippen molar-refractivity contribution in [3.8, 4) is 0 Å². The topological polar surface area (TPSA) is 95.9 Å². The van der Waals surface area contributed by atoms with Gasteiger partial charge < -0.3 is 20.3 Å². The Balaban J connectivity index is 3.36. The van der Waals surface area contributed by atoms with Gasteiger partial charge in [-0.3, -0.25) is 9.59 Å². The van der Waals surface area contributed by atoms with Crippen LogP contribution in [0.4, 0.5) is 0 Å². The summed E-state index contributed by atoms with van der Waals surface area (Å²) < 4.78 is 5.49. The Bertz CT molecular complexity index is 1060. The Morgan fingerprint density at radius 2 is 0.691 bits per heavy atom. The fourth-order valence-electron chi connectivity index (χ4n) is 9.51. The highest BCUT2D eigenvalue weighted by Gasteiger charge is 2.18. The van der Waals surface area contributed by atoms with Crippen molar-refractivity contribution in [3.63, 3.8) is 0 Å². The molecule has 0 heterocycles. The molecule has 68 heavy (non-hydrogen) atoms. The molecule has 0 aromatic rings. The number of carbonyl (C=O) groups excluding carboxylic acids is 2. The number of allylic oxidation sites excluding steroid dienone is 3. The summed E-state index contributed by atoms with van der Waals surface area (Å²) in [6.07, 6.45) is 70.8. The van der Waals surface area contributed by atoms with E-state index in [4.69, 9.17) is 4.74 Å². The van der Waals surface area contributed by atoms with Gasteiger partial charge in [0.2, 0.25) is 5.91 Å². The first-order valence-electron chi connectivity index (χ1n) is 30.6. The number of aliphatic hydroxyl groups excluding tert-OH is 2. The maximum Gasteiger partial charge on any atom is 0.305 e. The van der Waals surface area contributed by atoms with E-state index in [0.717, 1.165) is 44.9 Å². The lowest BCUT2D eigenvalue weighted by Gasteiger charge is -2.20. The Hall–Kier alpha value is -1.66. The highest BCUT2D eigenvalue weighted by atomic mass is 16.5. The molecular weight excluding hydrogens is 839 g/mol. The maximum absolute atomic E-state index is 12.4. The highest BCUT2D eigenvalue weighted by molar-refractivity contribution is 5.76. The van der Waals surface area contributed by atoms with Crippen molar-refractivity contribution in [1.29, 1.82) is 0 Å². The molecule has 0 aliphatic carbocycles. The van der Waals surface area contributed by atoms with E-state index in [2.05, 4.69) is 31.3 Å². The van der Waals surface area contributed by atoms with Gasteiger partial charge in [0.15, 0.2) is 0 Å². The van der Waals surface area contributed by atoms with E-state index in [9.17, 15) is 19.8 Å². The number of carbonyl (C=O) groups is 2. The SMILES string of the molecule is CCCCCCCCC/C=C\CCCCCCCC(=O)OCCCCCCCCCCCCCCCCCCCCCCCCCCC(=O)NC(CO)C(O)/C=C/CCCCCCCCCCC. The fourth-order valence-corrected chi connectivity index (χ4v) is 9.51. The van der Waals surface area contributed by atoms with Crippen LogP contribution in [0.2, 0.25) is 0 Å². The summed E-state index contributed by atoms with van der Waals surface area (Å²) in [6.45, 7) is 4.90. The molecule has 0 rings (SSSR count). The first-order chi connectivity index (χ1) is 33.5. The smallest absolute Gasteiger partial charge is 0.305 e. The van der Waals surface area contributed by atoms with Crippen molar-refractivity contribution in [2.75, 3.05) is 13.2 Å². The van der Waals surface area contributed by atoms with Crippen LogP contribution in [0.15, 0.2) is 24.3 Å². The number of amides is 1. The molecule has 1 amide bonds. The molecule has 0 bridgehead atoms. The Kier molecular flexibility index (Phi) is 56.5. The summed E-state index contributed by atoms with van der Waals surface area (Å²) >= 11 is 0. The molecule has 6 nitrogen and oxygen atoms in total. The summed E-state index contributed by atoms with van der Waals surface area (Å²) in [5.41, 5.74) is 0. The molecule has 0 radical (unpaired) electrons. The molecule has 6 heteroatoms. The Labute approximate surface area is 424 Å². The van der Waals surface area contributed by atoms with Gasteiger partial charge in [-0.05, 0) is 57.8 Å². The predicted molar refractivity (Wildman–Crippen MR) is 296 cm³/mol. The van der Waals surface area contributed by atoms with Crippen molar-refractivity contribution in [2.24, 2.45) is 0 Å². The van der Waals surface area contributed by atoms with Gasteiger partial charge in [-0.2, -0.15) is 0 Å². The molecule has 0 aliphatic rings. The monoisotopic (exact) mass is 958 g/mol.